The van der Waals surface area contributed by atoms with E-state index in [1.54, 1.807) is 24.4 Å². The highest BCUT2D eigenvalue weighted by molar-refractivity contribution is 6.17. The number of aromatic nitrogens is 1. The van der Waals surface area contributed by atoms with Crippen LogP contribution in [0.25, 0.3) is 0 Å². The minimum absolute atomic E-state index is 0.0816. The van der Waals surface area contributed by atoms with Crippen LogP contribution in [0.15, 0.2) is 36.7 Å². The minimum Gasteiger partial charge on any atom is -0.448 e. The summed E-state index contributed by atoms with van der Waals surface area (Å²) in [5, 5.41) is 10.9. The Kier molecular flexibility index (Phi) is 3.97. The van der Waals surface area contributed by atoms with E-state index in [0.717, 1.165) is 11.1 Å². The Bertz CT molecular complexity index is 617. The molecule has 6 heteroatoms. The molecular weight excluding hydrogens is 268 g/mol. The van der Waals surface area contributed by atoms with Crippen LogP contribution in [0.3, 0.4) is 0 Å². The van der Waals surface area contributed by atoms with Crippen molar-refractivity contribution in [3.63, 3.8) is 0 Å². The summed E-state index contributed by atoms with van der Waals surface area (Å²) in [6.45, 7) is 1.84. The molecule has 19 heavy (non-hydrogen) atoms. The molecule has 5 nitrogen and oxygen atoms in total. The molecule has 0 unspecified atom stereocenters. The number of benzene rings is 1. The van der Waals surface area contributed by atoms with Crippen LogP contribution in [0.4, 0.5) is 5.69 Å². The highest BCUT2D eigenvalue weighted by atomic mass is 35.5. The summed E-state index contributed by atoms with van der Waals surface area (Å²) in [6, 6.07) is 6.40. The lowest BCUT2D eigenvalue weighted by Crippen LogP contribution is -1.95. The predicted octanol–water partition coefficient (Wildman–Crippen LogP) is 3.83. The molecule has 0 amide bonds. The molecule has 0 N–H and O–H groups in total. The number of rotatable bonds is 4. The molecule has 2 rings (SSSR count). The number of nitrogens with zero attached hydrogens (tertiary/aromatic N) is 2. The summed E-state index contributed by atoms with van der Waals surface area (Å²) in [6.07, 6.45) is 3.10. The number of halogens is 1. The van der Waals surface area contributed by atoms with Gasteiger partial charge in [0.25, 0.3) is 0 Å². The number of hydrogen-bond donors (Lipinski definition) is 0. The van der Waals surface area contributed by atoms with Crippen LogP contribution in [0.1, 0.15) is 11.1 Å². The number of aryl methyl sites for hydroxylation is 1. The van der Waals surface area contributed by atoms with Gasteiger partial charge in [0.1, 0.15) is 5.75 Å². The Hall–Kier alpha value is -2.14. The third-order valence-electron chi connectivity index (χ3n) is 2.46. The molecule has 2 aromatic rings. The molecule has 0 aliphatic heterocycles. The van der Waals surface area contributed by atoms with Gasteiger partial charge in [0.2, 0.25) is 5.75 Å². The summed E-state index contributed by atoms with van der Waals surface area (Å²) in [4.78, 5) is 14.4. The van der Waals surface area contributed by atoms with Gasteiger partial charge in [-0.25, -0.2) is 0 Å². The largest absolute Gasteiger partial charge is 0.448 e. The fourth-order valence-electron chi connectivity index (χ4n) is 1.57. The molecule has 0 atom stereocenters. The molecule has 98 valence electrons. The van der Waals surface area contributed by atoms with Crippen LogP contribution < -0.4 is 4.74 Å². The minimum atomic E-state index is -0.479. The van der Waals surface area contributed by atoms with Gasteiger partial charge in [0.15, 0.2) is 0 Å². The zero-order chi connectivity index (χ0) is 13.8. The molecule has 0 fully saturated rings. The first kappa shape index (κ1) is 13.3. The molecule has 1 heterocycles. The van der Waals surface area contributed by atoms with E-state index >= 15 is 0 Å². The van der Waals surface area contributed by atoms with E-state index in [2.05, 4.69) is 4.98 Å². The van der Waals surface area contributed by atoms with Crippen molar-refractivity contribution in [2.75, 3.05) is 0 Å². The van der Waals surface area contributed by atoms with Gasteiger partial charge in [-0.3, -0.25) is 15.1 Å². The first-order valence-electron chi connectivity index (χ1n) is 5.53. The highest BCUT2D eigenvalue weighted by Crippen LogP contribution is 2.32. The van der Waals surface area contributed by atoms with Crippen molar-refractivity contribution in [3.05, 3.63) is 57.9 Å². The van der Waals surface area contributed by atoms with Gasteiger partial charge >= 0.3 is 5.69 Å². The van der Waals surface area contributed by atoms with Crippen molar-refractivity contribution in [3.8, 4) is 11.5 Å². The quantitative estimate of drug-likeness (QED) is 0.484. The van der Waals surface area contributed by atoms with Gasteiger partial charge in [-0.05, 0) is 30.2 Å². The summed E-state index contributed by atoms with van der Waals surface area (Å²) < 4.78 is 5.53. The molecule has 0 aliphatic carbocycles. The average Bonchev–Trinajstić information content (AvgIpc) is 2.38. The van der Waals surface area contributed by atoms with Crippen molar-refractivity contribution >= 4 is 17.3 Å². The molecule has 0 aliphatic rings. The van der Waals surface area contributed by atoms with E-state index in [-0.39, 0.29) is 11.4 Å². The Morgan fingerprint density at radius 2 is 2.16 bits per heavy atom. The summed E-state index contributed by atoms with van der Waals surface area (Å²) in [7, 11) is 0. The van der Waals surface area contributed by atoms with Gasteiger partial charge in [0, 0.05) is 18.1 Å². The highest BCUT2D eigenvalue weighted by Gasteiger charge is 2.15. The molecule has 1 aromatic heterocycles. The molecule has 0 saturated carbocycles. The first-order chi connectivity index (χ1) is 9.10. The lowest BCUT2D eigenvalue weighted by molar-refractivity contribution is -0.385. The SMILES string of the molecule is Cc1ccc([N+](=O)[O-])c(Oc2cncc(CCl)c2)c1. The third-order valence-corrected chi connectivity index (χ3v) is 2.77. The van der Waals surface area contributed by atoms with Crippen molar-refractivity contribution in [1.29, 1.82) is 0 Å². The number of pyridine rings is 1. The van der Waals surface area contributed by atoms with Crippen LogP contribution in [-0.4, -0.2) is 9.91 Å². The topological polar surface area (TPSA) is 65.3 Å². The van der Waals surface area contributed by atoms with Gasteiger partial charge in [-0.1, -0.05) is 6.07 Å². The number of nitro benzene ring substituents is 1. The molecule has 0 bridgehead atoms. The van der Waals surface area contributed by atoms with Gasteiger partial charge < -0.3 is 4.74 Å². The second-order valence-electron chi connectivity index (χ2n) is 3.99. The standard InChI is InChI=1S/C13H11ClN2O3/c1-9-2-3-12(16(17)18)13(4-9)19-11-5-10(6-14)7-15-8-11/h2-5,7-8H,6H2,1H3. The number of nitro groups is 1. The zero-order valence-electron chi connectivity index (χ0n) is 10.2. The van der Waals surface area contributed by atoms with Crippen LogP contribution in [0.2, 0.25) is 0 Å². The summed E-state index contributed by atoms with van der Waals surface area (Å²) in [5.41, 5.74) is 1.58. The van der Waals surface area contributed by atoms with Gasteiger partial charge in [-0.15, -0.1) is 11.6 Å². The van der Waals surface area contributed by atoms with Crippen molar-refractivity contribution < 1.29 is 9.66 Å². The Morgan fingerprint density at radius 3 is 2.84 bits per heavy atom. The van der Waals surface area contributed by atoms with E-state index in [0.29, 0.717) is 11.6 Å². The van der Waals surface area contributed by atoms with E-state index in [1.807, 2.05) is 6.92 Å². The monoisotopic (exact) mass is 278 g/mol. The van der Waals surface area contributed by atoms with Crippen LogP contribution in [0.5, 0.6) is 11.5 Å². The fraction of sp³-hybridized carbons (Fsp3) is 0.154. The van der Waals surface area contributed by atoms with Crippen molar-refractivity contribution in [2.24, 2.45) is 0 Å². The Morgan fingerprint density at radius 1 is 1.37 bits per heavy atom. The number of ether oxygens (including phenoxy) is 1. The third kappa shape index (κ3) is 3.20. The maximum absolute atomic E-state index is 10.9. The average molecular weight is 279 g/mol. The van der Waals surface area contributed by atoms with Crippen molar-refractivity contribution in [1.82, 2.24) is 4.98 Å². The second-order valence-corrected chi connectivity index (χ2v) is 4.26. The zero-order valence-corrected chi connectivity index (χ0v) is 10.9. The smallest absolute Gasteiger partial charge is 0.311 e. The van der Waals surface area contributed by atoms with Crippen LogP contribution in [0, 0.1) is 17.0 Å². The van der Waals surface area contributed by atoms with E-state index in [9.17, 15) is 10.1 Å². The molecule has 0 saturated heterocycles. The summed E-state index contributed by atoms with van der Waals surface area (Å²) >= 11 is 5.71. The molecule has 1 aromatic carbocycles. The maximum Gasteiger partial charge on any atom is 0.311 e. The van der Waals surface area contributed by atoms with Crippen LogP contribution >= 0.6 is 11.6 Å². The van der Waals surface area contributed by atoms with E-state index < -0.39 is 4.92 Å². The Labute approximate surface area is 115 Å². The number of alkyl halides is 1. The second kappa shape index (κ2) is 5.67. The Balaban J connectivity index is 2.36. The molecular formula is C13H11ClN2O3. The lowest BCUT2D eigenvalue weighted by Gasteiger charge is -2.07. The van der Waals surface area contributed by atoms with Gasteiger partial charge in [0.05, 0.1) is 11.1 Å². The van der Waals surface area contributed by atoms with Gasteiger partial charge in [-0.2, -0.15) is 0 Å². The first-order valence-corrected chi connectivity index (χ1v) is 6.06. The number of hydrogen-bond acceptors (Lipinski definition) is 4. The predicted molar refractivity (Wildman–Crippen MR) is 71.7 cm³/mol. The fourth-order valence-corrected chi connectivity index (χ4v) is 1.72. The lowest BCUT2D eigenvalue weighted by atomic mass is 10.2. The molecule has 0 radical (unpaired) electrons. The molecule has 0 spiro atoms. The summed E-state index contributed by atoms with van der Waals surface area (Å²) in [5.74, 6) is 0.922. The van der Waals surface area contributed by atoms with E-state index in [4.69, 9.17) is 16.3 Å². The normalized spacial score (nSPS) is 10.2. The van der Waals surface area contributed by atoms with Crippen molar-refractivity contribution in [2.45, 2.75) is 12.8 Å². The maximum atomic E-state index is 10.9. The van der Waals surface area contributed by atoms with E-state index in [1.165, 1.54) is 12.3 Å². The van der Waals surface area contributed by atoms with Crippen LogP contribution in [-0.2, 0) is 5.88 Å².